The number of halogens is 1. The van der Waals surface area contributed by atoms with E-state index in [1.807, 2.05) is 49.4 Å². The summed E-state index contributed by atoms with van der Waals surface area (Å²) in [6.45, 7) is 2.02. The maximum Gasteiger partial charge on any atom is 0.201 e. The molecule has 1 aromatic heterocycles. The van der Waals surface area contributed by atoms with Gasteiger partial charge in [0.1, 0.15) is 0 Å². The van der Waals surface area contributed by atoms with E-state index in [-0.39, 0.29) is 5.43 Å². The van der Waals surface area contributed by atoms with Gasteiger partial charge in [0.25, 0.3) is 0 Å². The fraction of sp³-hybridized carbons (Fsp3) is 0.0625. The minimum atomic E-state index is 0.136. The molecule has 94 valence electrons. The van der Waals surface area contributed by atoms with Gasteiger partial charge in [0.15, 0.2) is 0 Å². The third-order valence-electron chi connectivity index (χ3n) is 3.03. The number of fused-ring (bicyclic) bond motifs is 1. The molecule has 0 aliphatic carbocycles. The molecule has 0 aliphatic heterocycles. The van der Waals surface area contributed by atoms with E-state index in [4.69, 9.17) is 0 Å². The van der Waals surface area contributed by atoms with Crippen LogP contribution in [0.4, 0.5) is 0 Å². The molecule has 3 rings (SSSR count). The highest BCUT2D eigenvalue weighted by Gasteiger charge is 2.11. The Morgan fingerprint density at radius 1 is 1.05 bits per heavy atom. The maximum absolute atomic E-state index is 12.5. The van der Waals surface area contributed by atoms with Crippen LogP contribution in [0.1, 0.15) is 5.56 Å². The van der Waals surface area contributed by atoms with E-state index in [0.717, 1.165) is 29.7 Å². The van der Waals surface area contributed by atoms with E-state index in [1.54, 1.807) is 11.3 Å². The molecule has 0 fully saturated rings. The van der Waals surface area contributed by atoms with Gasteiger partial charge in [-0.1, -0.05) is 42.0 Å². The van der Waals surface area contributed by atoms with Crippen LogP contribution in [0.3, 0.4) is 0 Å². The van der Waals surface area contributed by atoms with Crippen molar-refractivity contribution in [1.82, 2.24) is 0 Å². The zero-order chi connectivity index (χ0) is 13.4. The standard InChI is InChI=1S/C16H11IOS/c1-10-7-8-13-12(9-10)15(18)14(17)16(19-13)11-5-3-2-4-6-11/h2-9H,1H3. The molecule has 0 saturated carbocycles. The SMILES string of the molecule is Cc1ccc2sc(-c3ccccc3)c(I)c(=O)c2c1. The molecule has 0 atom stereocenters. The van der Waals surface area contributed by atoms with Crippen molar-refractivity contribution in [1.29, 1.82) is 0 Å². The topological polar surface area (TPSA) is 17.1 Å². The highest BCUT2D eigenvalue weighted by molar-refractivity contribution is 14.1. The van der Waals surface area contributed by atoms with Gasteiger partial charge in [-0.05, 0) is 47.2 Å². The fourth-order valence-electron chi connectivity index (χ4n) is 2.06. The minimum Gasteiger partial charge on any atom is -0.288 e. The van der Waals surface area contributed by atoms with Crippen molar-refractivity contribution in [3.8, 4) is 10.4 Å². The van der Waals surface area contributed by atoms with Gasteiger partial charge in [-0.3, -0.25) is 4.79 Å². The third kappa shape index (κ3) is 2.32. The summed E-state index contributed by atoms with van der Waals surface area (Å²) >= 11 is 3.85. The predicted octanol–water partition coefficient (Wildman–Crippen LogP) is 4.84. The molecule has 0 unspecified atom stereocenters. The summed E-state index contributed by atoms with van der Waals surface area (Å²) < 4.78 is 1.86. The van der Waals surface area contributed by atoms with Crippen LogP contribution in [0.5, 0.6) is 0 Å². The summed E-state index contributed by atoms with van der Waals surface area (Å²) in [5.41, 5.74) is 2.37. The van der Waals surface area contributed by atoms with Crippen LogP contribution < -0.4 is 5.43 Å². The summed E-state index contributed by atoms with van der Waals surface area (Å²) in [4.78, 5) is 13.5. The van der Waals surface area contributed by atoms with Crippen molar-refractivity contribution in [2.45, 2.75) is 6.92 Å². The molecule has 1 heterocycles. The van der Waals surface area contributed by atoms with Crippen molar-refractivity contribution >= 4 is 44.0 Å². The van der Waals surface area contributed by atoms with Crippen LogP contribution in [-0.4, -0.2) is 0 Å². The lowest BCUT2D eigenvalue weighted by atomic mass is 10.1. The molecule has 0 N–H and O–H groups in total. The first-order valence-corrected chi connectivity index (χ1v) is 7.85. The van der Waals surface area contributed by atoms with Crippen molar-refractivity contribution in [3.63, 3.8) is 0 Å². The van der Waals surface area contributed by atoms with Crippen LogP contribution >= 0.6 is 33.9 Å². The second-order valence-electron chi connectivity index (χ2n) is 4.44. The quantitative estimate of drug-likeness (QED) is 0.554. The maximum atomic E-state index is 12.5. The Bertz CT molecular complexity index is 806. The Hall–Kier alpha value is -1.20. The lowest BCUT2D eigenvalue weighted by Gasteiger charge is -2.06. The van der Waals surface area contributed by atoms with E-state index in [1.165, 1.54) is 0 Å². The van der Waals surface area contributed by atoms with Crippen LogP contribution in [0, 0.1) is 10.5 Å². The summed E-state index contributed by atoms with van der Waals surface area (Å²) in [7, 11) is 0. The lowest BCUT2D eigenvalue weighted by Crippen LogP contribution is -2.06. The smallest absolute Gasteiger partial charge is 0.201 e. The van der Waals surface area contributed by atoms with Crippen LogP contribution in [0.15, 0.2) is 53.3 Å². The van der Waals surface area contributed by atoms with Gasteiger partial charge in [-0.25, -0.2) is 0 Å². The molecule has 0 saturated heterocycles. The molecule has 0 amide bonds. The number of aryl methyl sites for hydroxylation is 1. The number of hydrogen-bond donors (Lipinski definition) is 0. The van der Waals surface area contributed by atoms with Gasteiger partial charge in [0, 0.05) is 10.1 Å². The molecule has 3 heteroatoms. The first kappa shape index (κ1) is 12.8. The average molecular weight is 378 g/mol. The molecule has 1 nitrogen and oxygen atoms in total. The van der Waals surface area contributed by atoms with E-state index < -0.39 is 0 Å². The summed E-state index contributed by atoms with van der Waals surface area (Å²) in [6.07, 6.45) is 0. The van der Waals surface area contributed by atoms with Gasteiger partial charge in [0.05, 0.1) is 8.45 Å². The monoisotopic (exact) mass is 378 g/mol. The Morgan fingerprint density at radius 3 is 2.53 bits per heavy atom. The van der Waals surface area contributed by atoms with Gasteiger partial charge >= 0.3 is 0 Å². The van der Waals surface area contributed by atoms with Gasteiger partial charge in [-0.15, -0.1) is 11.3 Å². The summed E-state index contributed by atoms with van der Waals surface area (Å²) in [5.74, 6) is 0. The van der Waals surface area contributed by atoms with Crippen molar-refractivity contribution in [2.24, 2.45) is 0 Å². The van der Waals surface area contributed by atoms with Crippen LogP contribution in [0.25, 0.3) is 20.5 Å². The van der Waals surface area contributed by atoms with Crippen LogP contribution in [0.2, 0.25) is 0 Å². The summed E-state index contributed by atoms with van der Waals surface area (Å²) in [6, 6.07) is 16.2. The Morgan fingerprint density at radius 2 is 1.79 bits per heavy atom. The molecule has 3 aromatic rings. The van der Waals surface area contributed by atoms with E-state index in [9.17, 15) is 4.79 Å². The molecular formula is C16H11IOS. The molecule has 0 aliphatic rings. The average Bonchev–Trinajstić information content (AvgIpc) is 2.44. The summed E-state index contributed by atoms with van der Waals surface area (Å²) in [5, 5.41) is 0.828. The van der Waals surface area contributed by atoms with E-state index in [0.29, 0.717) is 0 Å². The highest BCUT2D eigenvalue weighted by Crippen LogP contribution is 2.32. The molecule has 2 aromatic carbocycles. The highest BCUT2D eigenvalue weighted by atomic mass is 127. The largest absolute Gasteiger partial charge is 0.288 e. The molecule has 0 radical (unpaired) electrons. The normalized spacial score (nSPS) is 10.8. The zero-order valence-electron chi connectivity index (χ0n) is 10.3. The third-order valence-corrected chi connectivity index (χ3v) is 5.64. The number of hydrogen-bond acceptors (Lipinski definition) is 2. The molecule has 0 spiro atoms. The van der Waals surface area contributed by atoms with Crippen LogP contribution in [-0.2, 0) is 0 Å². The Balaban J connectivity index is 2.37. The van der Waals surface area contributed by atoms with E-state index in [2.05, 4.69) is 28.7 Å². The fourth-order valence-corrected chi connectivity index (χ4v) is 4.05. The number of rotatable bonds is 1. The van der Waals surface area contributed by atoms with Gasteiger partial charge < -0.3 is 0 Å². The molecule has 19 heavy (non-hydrogen) atoms. The van der Waals surface area contributed by atoms with Crippen molar-refractivity contribution < 1.29 is 0 Å². The molecule has 0 bridgehead atoms. The Kier molecular flexibility index (Phi) is 3.41. The van der Waals surface area contributed by atoms with Gasteiger partial charge in [0.2, 0.25) is 5.43 Å². The van der Waals surface area contributed by atoms with Crippen molar-refractivity contribution in [2.75, 3.05) is 0 Å². The lowest BCUT2D eigenvalue weighted by molar-refractivity contribution is 1.50. The minimum absolute atomic E-state index is 0.136. The molecular weight excluding hydrogens is 367 g/mol. The first-order valence-electron chi connectivity index (χ1n) is 5.95. The van der Waals surface area contributed by atoms with Gasteiger partial charge in [-0.2, -0.15) is 0 Å². The van der Waals surface area contributed by atoms with Crippen molar-refractivity contribution in [3.05, 3.63) is 67.9 Å². The zero-order valence-corrected chi connectivity index (χ0v) is 13.3. The first-order chi connectivity index (χ1) is 9.16. The second-order valence-corrected chi connectivity index (χ2v) is 6.57. The van der Waals surface area contributed by atoms with E-state index >= 15 is 0 Å². The second kappa shape index (κ2) is 5.06. The number of benzene rings is 2. The Labute approximate surface area is 129 Å². The predicted molar refractivity (Wildman–Crippen MR) is 91.0 cm³/mol.